The number of halogens is 1. The van der Waals surface area contributed by atoms with Crippen LogP contribution in [-0.2, 0) is 16.0 Å². The molecule has 2 aromatic carbocycles. The minimum absolute atomic E-state index is 0.0474. The summed E-state index contributed by atoms with van der Waals surface area (Å²) in [6, 6.07) is 11.9. The summed E-state index contributed by atoms with van der Waals surface area (Å²) in [5.74, 6) is 0.357. The van der Waals surface area contributed by atoms with Gasteiger partial charge < -0.3 is 18.9 Å². The first-order valence-corrected chi connectivity index (χ1v) is 12.2. The van der Waals surface area contributed by atoms with Gasteiger partial charge in [0.2, 0.25) is 6.79 Å². The maximum atomic E-state index is 14.3. The molecule has 0 atom stereocenters. The molecule has 0 saturated carbocycles. The van der Waals surface area contributed by atoms with E-state index >= 15 is 0 Å². The fourth-order valence-electron chi connectivity index (χ4n) is 3.35. The van der Waals surface area contributed by atoms with Crippen LogP contribution in [0.15, 0.2) is 55.1 Å². The summed E-state index contributed by atoms with van der Waals surface area (Å²) >= 11 is 0. The van der Waals surface area contributed by atoms with Gasteiger partial charge in [-0.15, -0.1) is 0 Å². The Morgan fingerprint density at radius 2 is 1.50 bits per heavy atom. The molecule has 0 bridgehead atoms. The lowest BCUT2D eigenvalue weighted by Crippen LogP contribution is -2.07. The number of carbonyl (C=O) groups excluding carboxylic acids is 1. The van der Waals surface area contributed by atoms with Crippen LogP contribution in [0.2, 0.25) is 0 Å². The van der Waals surface area contributed by atoms with Crippen molar-refractivity contribution >= 4 is 5.97 Å². The molecule has 0 fully saturated rings. The molecule has 0 heterocycles. The van der Waals surface area contributed by atoms with Gasteiger partial charge in [0.15, 0.2) is 11.6 Å². The zero-order valence-corrected chi connectivity index (χ0v) is 20.2. The summed E-state index contributed by atoms with van der Waals surface area (Å²) in [6.07, 6.45) is 11.5. The Morgan fingerprint density at radius 1 is 0.853 bits per heavy atom. The molecule has 0 aliphatic carbocycles. The summed E-state index contributed by atoms with van der Waals surface area (Å²) in [4.78, 5) is 11.0. The first-order chi connectivity index (χ1) is 16.6. The van der Waals surface area contributed by atoms with Crippen LogP contribution in [0.4, 0.5) is 4.39 Å². The highest BCUT2D eigenvalue weighted by Crippen LogP contribution is 2.23. The maximum Gasteiger partial charge on any atom is 0.330 e. The zero-order chi connectivity index (χ0) is 24.4. The van der Waals surface area contributed by atoms with Gasteiger partial charge in [-0.2, -0.15) is 0 Å². The average molecular weight is 473 g/mol. The van der Waals surface area contributed by atoms with Gasteiger partial charge in [0, 0.05) is 18.6 Å². The molecule has 0 aliphatic rings. The molecule has 2 aromatic rings. The van der Waals surface area contributed by atoms with Crippen molar-refractivity contribution in [2.75, 3.05) is 20.0 Å². The molecule has 2 rings (SSSR count). The average Bonchev–Trinajstić information content (AvgIpc) is 2.85. The molecule has 0 aliphatic heterocycles. The predicted octanol–water partition coefficient (Wildman–Crippen LogP) is 7.03. The number of hydrogen-bond donors (Lipinski definition) is 0. The second-order valence-electron chi connectivity index (χ2n) is 8.09. The van der Waals surface area contributed by atoms with Crippen LogP contribution in [0.3, 0.4) is 0 Å². The van der Waals surface area contributed by atoms with Crippen LogP contribution in [-0.4, -0.2) is 26.0 Å². The van der Waals surface area contributed by atoms with Crippen LogP contribution >= 0.6 is 0 Å². The third-order valence-electron chi connectivity index (χ3n) is 5.34. The van der Waals surface area contributed by atoms with E-state index in [-0.39, 0.29) is 12.5 Å². The lowest BCUT2D eigenvalue weighted by molar-refractivity contribution is -0.137. The van der Waals surface area contributed by atoms with E-state index in [1.807, 2.05) is 12.1 Å². The van der Waals surface area contributed by atoms with Gasteiger partial charge in [-0.05, 0) is 36.2 Å². The number of hydrogen-bond acceptors (Lipinski definition) is 5. The van der Waals surface area contributed by atoms with Gasteiger partial charge in [-0.25, -0.2) is 9.18 Å². The van der Waals surface area contributed by atoms with E-state index in [0.29, 0.717) is 31.1 Å². The van der Waals surface area contributed by atoms with Gasteiger partial charge >= 0.3 is 5.97 Å². The van der Waals surface area contributed by atoms with Crippen molar-refractivity contribution in [1.29, 1.82) is 0 Å². The van der Waals surface area contributed by atoms with Crippen molar-refractivity contribution < 1.29 is 28.1 Å². The zero-order valence-electron chi connectivity index (χ0n) is 20.2. The summed E-state index contributed by atoms with van der Waals surface area (Å²) in [5, 5.41) is 0. The normalized spacial score (nSPS) is 10.5. The summed E-state index contributed by atoms with van der Waals surface area (Å²) in [5.41, 5.74) is 1.01. The van der Waals surface area contributed by atoms with Crippen molar-refractivity contribution in [2.24, 2.45) is 0 Å². The molecule has 186 valence electrons. The van der Waals surface area contributed by atoms with Crippen LogP contribution in [0, 0.1) is 5.82 Å². The lowest BCUT2D eigenvalue weighted by Gasteiger charge is -2.11. The predicted molar refractivity (Wildman–Crippen MR) is 132 cm³/mol. The topological polar surface area (TPSA) is 54.0 Å². The maximum absolute atomic E-state index is 14.3. The fourth-order valence-corrected chi connectivity index (χ4v) is 3.35. The minimum Gasteiger partial charge on any atom is -0.491 e. The fraction of sp³-hybridized carbons (Fsp3) is 0.464. The van der Waals surface area contributed by atoms with Crippen LogP contribution in [0.25, 0.3) is 0 Å². The Bertz CT molecular complexity index is 850. The molecular weight excluding hydrogens is 435 g/mol. The van der Waals surface area contributed by atoms with E-state index in [4.69, 9.17) is 18.9 Å². The van der Waals surface area contributed by atoms with Gasteiger partial charge in [0.25, 0.3) is 0 Å². The van der Waals surface area contributed by atoms with Gasteiger partial charge in [0.1, 0.15) is 11.5 Å². The molecule has 5 nitrogen and oxygen atoms in total. The minimum atomic E-state index is -0.446. The number of benzene rings is 2. The monoisotopic (exact) mass is 472 g/mol. The highest BCUT2D eigenvalue weighted by atomic mass is 19.1. The van der Waals surface area contributed by atoms with Gasteiger partial charge in [-0.1, -0.05) is 70.6 Å². The second kappa shape index (κ2) is 16.6. The number of esters is 1. The molecule has 0 spiro atoms. The molecule has 6 heteroatoms. The number of rotatable bonds is 18. The third-order valence-corrected chi connectivity index (χ3v) is 5.34. The van der Waals surface area contributed by atoms with E-state index in [0.717, 1.165) is 24.5 Å². The highest BCUT2D eigenvalue weighted by molar-refractivity contribution is 5.81. The second-order valence-corrected chi connectivity index (χ2v) is 8.09. The Morgan fingerprint density at radius 3 is 2.18 bits per heavy atom. The Labute approximate surface area is 202 Å². The molecule has 0 radical (unpaired) electrons. The SMILES string of the molecule is C=CC(=O)OCCc1ccc(OCOc2ccc(OCCCCCCCCCC)c(F)c2)cc1. The van der Waals surface area contributed by atoms with Crippen molar-refractivity contribution in [3.63, 3.8) is 0 Å². The number of carbonyl (C=O) groups is 1. The van der Waals surface area contributed by atoms with E-state index in [9.17, 15) is 9.18 Å². The first kappa shape index (κ1) is 27.2. The summed E-state index contributed by atoms with van der Waals surface area (Å²) < 4.78 is 35.9. The van der Waals surface area contributed by atoms with Crippen molar-refractivity contribution in [3.8, 4) is 17.2 Å². The van der Waals surface area contributed by atoms with Gasteiger partial charge in [-0.3, -0.25) is 0 Å². The van der Waals surface area contributed by atoms with Crippen molar-refractivity contribution in [3.05, 3.63) is 66.5 Å². The Hall–Kier alpha value is -3.02. The molecule has 0 amide bonds. The molecule has 0 N–H and O–H groups in total. The first-order valence-electron chi connectivity index (χ1n) is 12.2. The lowest BCUT2D eigenvalue weighted by atomic mass is 10.1. The standard InChI is InChI=1S/C28H37FO5/c1-3-5-6-7-8-9-10-11-19-31-27-17-16-25(21-26(27)29)34-22-33-24-14-12-23(13-15-24)18-20-32-28(30)4-2/h4,12-17,21H,2-3,5-11,18-20,22H2,1H3. The molecular formula is C28H37FO5. The third kappa shape index (κ3) is 11.2. The molecule has 0 unspecified atom stereocenters. The van der Waals surface area contributed by atoms with Crippen molar-refractivity contribution in [2.45, 2.75) is 64.7 Å². The van der Waals surface area contributed by atoms with Crippen molar-refractivity contribution in [1.82, 2.24) is 0 Å². The molecule has 0 aromatic heterocycles. The summed E-state index contributed by atoms with van der Waals surface area (Å²) in [7, 11) is 0. The van der Waals surface area contributed by atoms with Crippen LogP contribution in [0.5, 0.6) is 17.2 Å². The molecule has 0 saturated heterocycles. The number of unbranched alkanes of at least 4 members (excludes halogenated alkanes) is 7. The Kier molecular flexibility index (Phi) is 13.3. The van der Waals surface area contributed by atoms with Crippen LogP contribution < -0.4 is 14.2 Å². The van der Waals surface area contributed by atoms with Gasteiger partial charge in [0.05, 0.1) is 13.2 Å². The van der Waals surface area contributed by atoms with Crippen LogP contribution in [0.1, 0.15) is 63.9 Å². The smallest absolute Gasteiger partial charge is 0.330 e. The summed E-state index contributed by atoms with van der Waals surface area (Å²) in [6.45, 7) is 6.34. The van der Waals surface area contributed by atoms with E-state index < -0.39 is 11.8 Å². The van der Waals surface area contributed by atoms with E-state index in [1.165, 1.54) is 44.6 Å². The Balaban J connectivity index is 1.62. The number of ether oxygens (including phenoxy) is 4. The molecule has 34 heavy (non-hydrogen) atoms. The van der Waals surface area contributed by atoms with E-state index in [1.54, 1.807) is 24.3 Å². The quantitative estimate of drug-likeness (QED) is 0.101. The van der Waals surface area contributed by atoms with E-state index in [2.05, 4.69) is 13.5 Å². The largest absolute Gasteiger partial charge is 0.491 e. The highest BCUT2D eigenvalue weighted by Gasteiger charge is 2.06.